The number of hydrogen-bond donors (Lipinski definition) is 2. The van der Waals surface area contributed by atoms with Crippen LogP contribution in [0.4, 0.5) is 13.2 Å². The quantitative estimate of drug-likeness (QED) is 0.223. The number of ether oxygens (including phenoxy) is 1. The second kappa shape index (κ2) is 6.72. The number of carbonyl (C=O) groups excluding carboxylic acids is 1. The van der Waals surface area contributed by atoms with Crippen LogP contribution in [0.2, 0.25) is 0 Å². The predicted octanol–water partition coefficient (Wildman–Crippen LogP) is 3.15. The number of carbonyl (C=O) groups is 1. The van der Waals surface area contributed by atoms with E-state index in [9.17, 15) is 18.0 Å². The number of hydrogen-bond acceptors (Lipinski definition) is 4. The summed E-state index contributed by atoms with van der Waals surface area (Å²) in [7, 11) is 0. The Morgan fingerprint density at radius 3 is 2.39 bits per heavy atom. The zero-order valence-electron chi connectivity index (χ0n) is 12.8. The van der Waals surface area contributed by atoms with Gasteiger partial charge in [0.05, 0.1) is 5.56 Å². The molecule has 0 heterocycles. The lowest BCUT2D eigenvalue weighted by Gasteiger charge is -2.18. The number of nitrogens with two attached hydrogens (primary N) is 1. The van der Waals surface area contributed by atoms with Crippen molar-refractivity contribution in [3.05, 3.63) is 41.0 Å². The normalized spacial score (nSPS) is 13.4. The molecule has 0 unspecified atom stereocenters. The average Bonchev–Trinajstić information content (AvgIpc) is 2.41. The lowest BCUT2D eigenvalue weighted by molar-refractivity contribution is -0.148. The van der Waals surface area contributed by atoms with Crippen LogP contribution in [0, 0.1) is 0 Å². The molecule has 0 saturated heterocycles. The Morgan fingerprint density at radius 1 is 1.30 bits per heavy atom. The van der Waals surface area contributed by atoms with Crippen LogP contribution in [0.15, 0.2) is 29.4 Å². The van der Waals surface area contributed by atoms with Crippen molar-refractivity contribution in [2.45, 2.75) is 32.5 Å². The van der Waals surface area contributed by atoms with E-state index in [1.807, 2.05) is 0 Å². The second-order valence-corrected chi connectivity index (χ2v) is 5.65. The first kappa shape index (κ1) is 18.5. The Balaban J connectivity index is 3.19. The highest BCUT2D eigenvalue weighted by Gasteiger charge is 2.33. The molecule has 23 heavy (non-hydrogen) atoms. The molecule has 8 heteroatoms. The van der Waals surface area contributed by atoms with E-state index in [-0.39, 0.29) is 11.1 Å². The number of amidine groups is 1. The summed E-state index contributed by atoms with van der Waals surface area (Å²) in [5, 5.41) is 11.2. The van der Waals surface area contributed by atoms with Crippen LogP contribution in [-0.2, 0) is 15.7 Å². The van der Waals surface area contributed by atoms with Crippen LogP contribution >= 0.6 is 0 Å². The lowest BCUT2D eigenvalue weighted by atomic mass is 10.0. The minimum absolute atomic E-state index is 0.0887. The molecule has 1 aromatic carbocycles. The Kier molecular flexibility index (Phi) is 5.42. The number of nitrogens with zero attached hydrogens (tertiary/aromatic N) is 1. The van der Waals surface area contributed by atoms with Crippen molar-refractivity contribution >= 4 is 17.9 Å². The highest BCUT2D eigenvalue weighted by atomic mass is 19.4. The first-order valence-electron chi connectivity index (χ1n) is 6.54. The van der Waals surface area contributed by atoms with E-state index in [2.05, 4.69) is 5.16 Å². The van der Waals surface area contributed by atoms with Crippen LogP contribution < -0.4 is 5.73 Å². The van der Waals surface area contributed by atoms with E-state index >= 15 is 0 Å². The Labute approximate surface area is 131 Å². The minimum atomic E-state index is -4.67. The molecular weight excluding hydrogens is 313 g/mol. The molecule has 0 fully saturated rings. The summed E-state index contributed by atoms with van der Waals surface area (Å²) in [5.74, 6) is -1.20. The fraction of sp³-hybridized carbons (Fsp3) is 0.333. The molecule has 1 aromatic rings. The third-order valence-electron chi connectivity index (χ3n) is 2.57. The van der Waals surface area contributed by atoms with Crippen molar-refractivity contribution < 1.29 is 27.9 Å². The molecule has 1 rings (SSSR count). The molecule has 0 spiro atoms. The van der Waals surface area contributed by atoms with Gasteiger partial charge in [-0.1, -0.05) is 17.3 Å². The molecule has 5 nitrogen and oxygen atoms in total. The third-order valence-corrected chi connectivity index (χ3v) is 2.57. The molecule has 0 aromatic heterocycles. The van der Waals surface area contributed by atoms with E-state index in [0.29, 0.717) is 0 Å². The zero-order valence-corrected chi connectivity index (χ0v) is 12.8. The van der Waals surface area contributed by atoms with E-state index < -0.39 is 29.1 Å². The molecule has 0 saturated carbocycles. The summed E-state index contributed by atoms with van der Waals surface area (Å²) in [6, 6.07) is 3.11. The number of halogens is 3. The molecule has 0 bridgehead atoms. The topological polar surface area (TPSA) is 84.9 Å². The largest absolute Gasteiger partial charge is 0.457 e. The maximum absolute atomic E-state index is 13.1. The number of rotatable bonds is 3. The molecular formula is C15H17F3N2O3. The minimum Gasteiger partial charge on any atom is -0.457 e. The van der Waals surface area contributed by atoms with Crippen molar-refractivity contribution in [1.29, 1.82) is 0 Å². The summed E-state index contributed by atoms with van der Waals surface area (Å²) in [5.41, 5.74) is 3.20. The van der Waals surface area contributed by atoms with E-state index in [1.165, 1.54) is 6.07 Å². The van der Waals surface area contributed by atoms with Crippen LogP contribution in [0.1, 0.15) is 37.5 Å². The monoisotopic (exact) mass is 330 g/mol. The highest BCUT2D eigenvalue weighted by Crippen LogP contribution is 2.33. The zero-order chi connectivity index (χ0) is 17.8. The smallest absolute Gasteiger partial charge is 0.417 e. The van der Waals surface area contributed by atoms with Crippen molar-refractivity contribution in [2.75, 3.05) is 0 Å². The molecule has 0 radical (unpaired) electrons. The Morgan fingerprint density at radius 2 is 1.91 bits per heavy atom. The summed E-state index contributed by atoms with van der Waals surface area (Å²) in [4.78, 5) is 11.6. The summed E-state index contributed by atoms with van der Waals surface area (Å²) >= 11 is 0. The Hall–Kier alpha value is -2.51. The fourth-order valence-corrected chi connectivity index (χ4v) is 1.66. The van der Waals surface area contributed by atoms with Crippen molar-refractivity contribution in [3.8, 4) is 0 Å². The maximum Gasteiger partial charge on any atom is 0.417 e. The van der Waals surface area contributed by atoms with Gasteiger partial charge >= 0.3 is 12.1 Å². The van der Waals surface area contributed by atoms with Crippen molar-refractivity contribution in [3.63, 3.8) is 0 Å². The number of alkyl halides is 3. The SMILES string of the molecule is CC(C)(C)OC(=O)/C=C/c1ccc(/C(N)=N\O)cc1C(F)(F)F. The number of oxime groups is 1. The summed E-state index contributed by atoms with van der Waals surface area (Å²) in [6.07, 6.45) is -2.74. The molecule has 0 aliphatic heterocycles. The van der Waals surface area contributed by atoms with Gasteiger partial charge in [-0.05, 0) is 38.5 Å². The van der Waals surface area contributed by atoms with Crippen LogP contribution in [0.3, 0.4) is 0 Å². The molecule has 0 atom stereocenters. The van der Waals surface area contributed by atoms with Crippen molar-refractivity contribution in [2.24, 2.45) is 10.9 Å². The summed E-state index contributed by atoms with van der Waals surface area (Å²) in [6.45, 7) is 4.93. The standard InChI is InChI=1S/C15H17F3N2O3/c1-14(2,3)23-12(21)7-6-9-4-5-10(13(19)20-22)8-11(9)15(16,17)18/h4-8,22H,1-3H3,(H2,19,20)/b7-6+. The second-order valence-electron chi connectivity index (χ2n) is 5.65. The first-order chi connectivity index (χ1) is 10.4. The molecule has 0 aliphatic carbocycles. The van der Waals surface area contributed by atoms with Crippen LogP contribution in [0.5, 0.6) is 0 Å². The fourth-order valence-electron chi connectivity index (χ4n) is 1.66. The van der Waals surface area contributed by atoms with E-state index in [1.54, 1.807) is 20.8 Å². The molecule has 3 N–H and O–H groups in total. The maximum atomic E-state index is 13.1. The van der Waals surface area contributed by atoms with Crippen LogP contribution in [-0.4, -0.2) is 22.6 Å². The van der Waals surface area contributed by atoms with Gasteiger partial charge in [-0.3, -0.25) is 0 Å². The van der Waals surface area contributed by atoms with Gasteiger partial charge in [0.2, 0.25) is 0 Å². The first-order valence-corrected chi connectivity index (χ1v) is 6.54. The van der Waals surface area contributed by atoms with Crippen LogP contribution in [0.25, 0.3) is 6.08 Å². The van der Waals surface area contributed by atoms with Crippen molar-refractivity contribution in [1.82, 2.24) is 0 Å². The lowest BCUT2D eigenvalue weighted by Crippen LogP contribution is -2.22. The predicted molar refractivity (Wildman–Crippen MR) is 78.8 cm³/mol. The molecule has 0 amide bonds. The Bertz CT molecular complexity index is 644. The van der Waals surface area contributed by atoms with Gasteiger partial charge in [0, 0.05) is 11.6 Å². The molecule has 0 aliphatic rings. The number of benzene rings is 1. The average molecular weight is 330 g/mol. The van der Waals surface area contributed by atoms with E-state index in [0.717, 1.165) is 24.3 Å². The summed E-state index contributed by atoms with van der Waals surface area (Å²) < 4.78 is 44.3. The van der Waals surface area contributed by atoms with Gasteiger partial charge in [0.25, 0.3) is 0 Å². The van der Waals surface area contributed by atoms with Gasteiger partial charge in [-0.25, -0.2) is 4.79 Å². The van der Waals surface area contributed by atoms with Gasteiger partial charge < -0.3 is 15.7 Å². The van der Waals surface area contributed by atoms with Gasteiger partial charge in [-0.2, -0.15) is 13.2 Å². The number of esters is 1. The highest BCUT2D eigenvalue weighted by molar-refractivity contribution is 5.97. The third kappa shape index (κ3) is 5.65. The molecule has 126 valence electrons. The van der Waals surface area contributed by atoms with Gasteiger partial charge in [0.1, 0.15) is 5.60 Å². The van der Waals surface area contributed by atoms with Gasteiger partial charge in [0.15, 0.2) is 5.84 Å². The van der Waals surface area contributed by atoms with Gasteiger partial charge in [-0.15, -0.1) is 0 Å². The van der Waals surface area contributed by atoms with E-state index in [4.69, 9.17) is 15.7 Å².